The fourth-order valence-electron chi connectivity index (χ4n) is 1.63. The summed E-state index contributed by atoms with van der Waals surface area (Å²) in [6.45, 7) is 2.42. The van der Waals surface area contributed by atoms with Gasteiger partial charge in [-0.05, 0) is 31.0 Å². The Morgan fingerprint density at radius 2 is 2.11 bits per heavy atom. The number of hydrogen-bond donors (Lipinski definition) is 1. The van der Waals surface area contributed by atoms with Crippen LogP contribution in [-0.2, 0) is 9.59 Å². The molecule has 0 radical (unpaired) electrons. The van der Waals surface area contributed by atoms with Gasteiger partial charge in [-0.15, -0.1) is 0 Å². The molecule has 0 unspecified atom stereocenters. The van der Waals surface area contributed by atoms with Gasteiger partial charge in [-0.3, -0.25) is 9.59 Å². The molecule has 5 nitrogen and oxygen atoms in total. The van der Waals surface area contributed by atoms with Crippen molar-refractivity contribution in [2.24, 2.45) is 5.73 Å². The SMILES string of the molecule is Cc1cccc(OCCCC(=O)N(C)CC(N)=O)c1. The third-order valence-electron chi connectivity index (χ3n) is 2.61. The standard InChI is InChI=1S/C14H20N2O3/c1-11-5-3-6-12(9-11)19-8-4-7-14(18)16(2)10-13(15)17/h3,5-6,9H,4,7-8,10H2,1-2H3,(H2,15,17). The van der Waals surface area contributed by atoms with E-state index in [2.05, 4.69) is 0 Å². The molecule has 5 heteroatoms. The van der Waals surface area contributed by atoms with E-state index in [0.717, 1.165) is 11.3 Å². The maximum atomic E-state index is 11.6. The van der Waals surface area contributed by atoms with E-state index < -0.39 is 5.91 Å². The Morgan fingerprint density at radius 3 is 2.74 bits per heavy atom. The minimum absolute atomic E-state index is 0.0441. The van der Waals surface area contributed by atoms with Crippen molar-refractivity contribution in [3.63, 3.8) is 0 Å². The normalized spacial score (nSPS) is 10.0. The minimum atomic E-state index is -0.508. The number of aryl methyl sites for hydroxylation is 1. The molecular formula is C14H20N2O3. The topological polar surface area (TPSA) is 72.6 Å². The molecule has 0 saturated heterocycles. The van der Waals surface area contributed by atoms with Gasteiger partial charge < -0.3 is 15.4 Å². The number of nitrogens with two attached hydrogens (primary N) is 1. The molecule has 0 aliphatic heterocycles. The summed E-state index contributed by atoms with van der Waals surface area (Å²) in [6, 6.07) is 7.75. The van der Waals surface area contributed by atoms with E-state index in [4.69, 9.17) is 10.5 Å². The summed E-state index contributed by atoms with van der Waals surface area (Å²) in [5, 5.41) is 0. The monoisotopic (exact) mass is 264 g/mol. The molecule has 0 aliphatic carbocycles. The number of carbonyl (C=O) groups is 2. The van der Waals surface area contributed by atoms with Gasteiger partial charge in [0.1, 0.15) is 5.75 Å². The highest BCUT2D eigenvalue weighted by Crippen LogP contribution is 2.12. The van der Waals surface area contributed by atoms with Crippen molar-refractivity contribution in [3.8, 4) is 5.75 Å². The van der Waals surface area contributed by atoms with Crippen LogP contribution in [-0.4, -0.2) is 36.9 Å². The fourth-order valence-corrected chi connectivity index (χ4v) is 1.63. The molecule has 0 fully saturated rings. The molecule has 1 aromatic carbocycles. The molecule has 0 saturated carbocycles. The van der Waals surface area contributed by atoms with Gasteiger partial charge in [0.25, 0.3) is 0 Å². The first-order chi connectivity index (χ1) is 8.99. The molecule has 0 atom stereocenters. The van der Waals surface area contributed by atoms with Crippen LogP contribution >= 0.6 is 0 Å². The molecule has 104 valence electrons. The third kappa shape index (κ3) is 5.90. The fraction of sp³-hybridized carbons (Fsp3) is 0.429. The predicted molar refractivity (Wildman–Crippen MR) is 72.7 cm³/mol. The average molecular weight is 264 g/mol. The van der Waals surface area contributed by atoms with Gasteiger partial charge in [0.15, 0.2) is 0 Å². The number of amides is 2. The number of primary amides is 1. The zero-order chi connectivity index (χ0) is 14.3. The highest BCUT2D eigenvalue weighted by molar-refractivity contribution is 5.83. The molecule has 2 amide bonds. The second-order valence-corrected chi connectivity index (χ2v) is 4.48. The van der Waals surface area contributed by atoms with Crippen molar-refractivity contribution in [1.82, 2.24) is 4.90 Å². The zero-order valence-corrected chi connectivity index (χ0v) is 11.4. The Kier molecular flexibility index (Phi) is 5.85. The number of rotatable bonds is 7. The van der Waals surface area contributed by atoms with Crippen molar-refractivity contribution >= 4 is 11.8 Å². The van der Waals surface area contributed by atoms with Crippen molar-refractivity contribution < 1.29 is 14.3 Å². The van der Waals surface area contributed by atoms with E-state index in [1.807, 2.05) is 31.2 Å². The quantitative estimate of drug-likeness (QED) is 0.749. The van der Waals surface area contributed by atoms with Gasteiger partial charge in [-0.2, -0.15) is 0 Å². The summed E-state index contributed by atoms with van der Waals surface area (Å²) in [6.07, 6.45) is 0.950. The van der Waals surface area contributed by atoms with Crippen molar-refractivity contribution in [2.45, 2.75) is 19.8 Å². The number of carbonyl (C=O) groups excluding carboxylic acids is 2. The summed E-state index contributed by atoms with van der Waals surface area (Å²) >= 11 is 0. The van der Waals surface area contributed by atoms with Crippen LogP contribution in [0, 0.1) is 6.92 Å². The summed E-state index contributed by atoms with van der Waals surface area (Å²) < 4.78 is 5.54. The predicted octanol–water partition coefficient (Wildman–Crippen LogP) is 1.10. The smallest absolute Gasteiger partial charge is 0.237 e. The first-order valence-electron chi connectivity index (χ1n) is 6.21. The van der Waals surface area contributed by atoms with Crippen LogP contribution in [0.25, 0.3) is 0 Å². The molecule has 19 heavy (non-hydrogen) atoms. The van der Waals surface area contributed by atoms with E-state index in [-0.39, 0.29) is 12.5 Å². The Morgan fingerprint density at radius 1 is 1.37 bits per heavy atom. The van der Waals surface area contributed by atoms with Crippen LogP contribution in [0.3, 0.4) is 0 Å². The first-order valence-corrected chi connectivity index (χ1v) is 6.21. The van der Waals surface area contributed by atoms with Crippen LogP contribution in [0.15, 0.2) is 24.3 Å². The summed E-state index contributed by atoms with van der Waals surface area (Å²) in [7, 11) is 1.56. The van der Waals surface area contributed by atoms with E-state index in [1.165, 1.54) is 4.90 Å². The van der Waals surface area contributed by atoms with Gasteiger partial charge in [-0.25, -0.2) is 0 Å². The Hall–Kier alpha value is -2.04. The van der Waals surface area contributed by atoms with Crippen LogP contribution in [0.1, 0.15) is 18.4 Å². The zero-order valence-electron chi connectivity index (χ0n) is 11.4. The number of ether oxygens (including phenoxy) is 1. The Labute approximate surface area is 113 Å². The lowest BCUT2D eigenvalue weighted by Crippen LogP contribution is -2.35. The maximum Gasteiger partial charge on any atom is 0.237 e. The molecule has 0 spiro atoms. The van der Waals surface area contributed by atoms with E-state index in [1.54, 1.807) is 7.05 Å². The second-order valence-electron chi connectivity index (χ2n) is 4.48. The lowest BCUT2D eigenvalue weighted by molar-refractivity contribution is -0.133. The number of likely N-dealkylation sites (N-methyl/N-ethyl adjacent to an activating group) is 1. The molecule has 1 aromatic rings. The van der Waals surface area contributed by atoms with Crippen molar-refractivity contribution in [1.29, 1.82) is 0 Å². The van der Waals surface area contributed by atoms with Gasteiger partial charge in [0.05, 0.1) is 13.2 Å². The van der Waals surface area contributed by atoms with Crippen LogP contribution in [0.2, 0.25) is 0 Å². The number of benzene rings is 1. The number of nitrogens with zero attached hydrogens (tertiary/aromatic N) is 1. The van der Waals surface area contributed by atoms with E-state index in [0.29, 0.717) is 19.4 Å². The van der Waals surface area contributed by atoms with Crippen LogP contribution < -0.4 is 10.5 Å². The molecule has 0 aromatic heterocycles. The summed E-state index contributed by atoms with van der Waals surface area (Å²) in [4.78, 5) is 23.6. The molecule has 0 bridgehead atoms. The van der Waals surface area contributed by atoms with E-state index in [9.17, 15) is 9.59 Å². The summed E-state index contributed by atoms with van der Waals surface area (Å²) in [5.74, 6) is 0.191. The maximum absolute atomic E-state index is 11.6. The highest BCUT2D eigenvalue weighted by atomic mass is 16.5. The van der Waals surface area contributed by atoms with Gasteiger partial charge in [0, 0.05) is 13.5 Å². The van der Waals surface area contributed by atoms with Crippen molar-refractivity contribution in [3.05, 3.63) is 29.8 Å². The Balaban J connectivity index is 2.23. The van der Waals surface area contributed by atoms with E-state index >= 15 is 0 Å². The molecule has 1 rings (SSSR count). The van der Waals surface area contributed by atoms with Crippen LogP contribution in [0.4, 0.5) is 0 Å². The number of hydrogen-bond acceptors (Lipinski definition) is 3. The lowest BCUT2D eigenvalue weighted by atomic mass is 10.2. The van der Waals surface area contributed by atoms with Gasteiger partial charge in [-0.1, -0.05) is 12.1 Å². The largest absolute Gasteiger partial charge is 0.494 e. The average Bonchev–Trinajstić information content (AvgIpc) is 2.33. The first kappa shape index (κ1) is 15.0. The highest BCUT2D eigenvalue weighted by Gasteiger charge is 2.10. The van der Waals surface area contributed by atoms with Gasteiger partial charge >= 0.3 is 0 Å². The summed E-state index contributed by atoms with van der Waals surface area (Å²) in [5.41, 5.74) is 6.15. The third-order valence-corrected chi connectivity index (χ3v) is 2.61. The molecule has 2 N–H and O–H groups in total. The molecule has 0 aliphatic rings. The lowest BCUT2D eigenvalue weighted by Gasteiger charge is -2.14. The van der Waals surface area contributed by atoms with Crippen LogP contribution in [0.5, 0.6) is 5.75 Å². The van der Waals surface area contributed by atoms with Gasteiger partial charge in [0.2, 0.25) is 11.8 Å². The Bertz CT molecular complexity index is 446. The minimum Gasteiger partial charge on any atom is -0.494 e. The molecule has 0 heterocycles. The van der Waals surface area contributed by atoms with Crippen molar-refractivity contribution in [2.75, 3.05) is 20.2 Å². The molecular weight excluding hydrogens is 244 g/mol. The second kappa shape index (κ2) is 7.41.